The van der Waals surface area contributed by atoms with Gasteiger partial charge in [-0.05, 0) is 10.4 Å². The minimum absolute atomic E-state index is 0.246. The predicted molar refractivity (Wildman–Crippen MR) is 68.7 cm³/mol. The van der Waals surface area contributed by atoms with Gasteiger partial charge >= 0.3 is 0 Å². The first-order valence-electron chi connectivity index (χ1n) is 4.00. The molecule has 0 aromatic heterocycles. The maximum Gasteiger partial charge on any atom is 0.260 e. The molecular formula is C6H4N4O2S4. The average molecular weight is 292 g/mol. The number of nitrogens with zero attached hydrogens (tertiary/aromatic N) is 4. The summed E-state index contributed by atoms with van der Waals surface area (Å²) in [5.74, 6) is 0.0173. The van der Waals surface area contributed by atoms with E-state index in [1.54, 1.807) is 0 Å². The van der Waals surface area contributed by atoms with Gasteiger partial charge in [-0.1, -0.05) is 48.0 Å². The minimum atomic E-state index is -0.246. The Hall–Kier alpha value is -0.580. The Morgan fingerprint density at radius 3 is 1.56 bits per heavy atom. The van der Waals surface area contributed by atoms with Gasteiger partial charge in [0.1, 0.15) is 0 Å². The predicted octanol–water partition coefficient (Wildman–Crippen LogP) is 0.989. The molecule has 2 amide bonds. The molecule has 0 aromatic carbocycles. The van der Waals surface area contributed by atoms with E-state index in [0.29, 0.717) is 8.64 Å². The SMILES string of the molecule is O=C1CSC(=S)N1N=NN1C(=O)CSC1=S. The lowest BCUT2D eigenvalue weighted by Crippen LogP contribution is -2.26. The molecule has 2 rings (SSSR count). The maximum absolute atomic E-state index is 11.3. The molecule has 2 aliphatic rings. The first-order valence-corrected chi connectivity index (χ1v) is 6.79. The number of hydrogen-bond acceptors (Lipinski definition) is 8. The molecule has 0 bridgehead atoms. The monoisotopic (exact) mass is 292 g/mol. The highest BCUT2D eigenvalue weighted by Gasteiger charge is 2.30. The van der Waals surface area contributed by atoms with Crippen molar-refractivity contribution in [3.8, 4) is 0 Å². The van der Waals surface area contributed by atoms with Crippen LogP contribution in [0, 0.1) is 0 Å². The van der Waals surface area contributed by atoms with Crippen LogP contribution in [0.1, 0.15) is 0 Å². The van der Waals surface area contributed by atoms with E-state index < -0.39 is 0 Å². The lowest BCUT2D eigenvalue weighted by molar-refractivity contribution is -0.127. The number of hydrogen-bond donors (Lipinski definition) is 0. The molecule has 2 fully saturated rings. The van der Waals surface area contributed by atoms with Crippen molar-refractivity contribution in [3.63, 3.8) is 0 Å². The molecule has 0 saturated carbocycles. The highest BCUT2D eigenvalue weighted by molar-refractivity contribution is 8.24. The fourth-order valence-corrected chi connectivity index (χ4v) is 2.84. The van der Waals surface area contributed by atoms with Crippen molar-refractivity contribution in [3.05, 3.63) is 0 Å². The van der Waals surface area contributed by atoms with Gasteiger partial charge < -0.3 is 0 Å². The second kappa shape index (κ2) is 4.73. The average Bonchev–Trinajstić information content (AvgIpc) is 2.72. The van der Waals surface area contributed by atoms with Crippen molar-refractivity contribution in [2.45, 2.75) is 0 Å². The zero-order chi connectivity index (χ0) is 11.7. The van der Waals surface area contributed by atoms with Gasteiger partial charge in [0.15, 0.2) is 8.64 Å². The fourth-order valence-electron chi connectivity index (χ4n) is 0.948. The molecule has 0 unspecified atom stereocenters. The van der Waals surface area contributed by atoms with E-state index in [9.17, 15) is 9.59 Å². The number of carbonyl (C=O) groups is 2. The fraction of sp³-hybridized carbons (Fsp3) is 0.333. The maximum atomic E-state index is 11.3. The van der Waals surface area contributed by atoms with Crippen LogP contribution in [0.5, 0.6) is 0 Å². The molecule has 0 N–H and O–H groups in total. The molecule has 0 atom stereocenters. The number of thioether (sulfide) groups is 2. The van der Waals surface area contributed by atoms with Gasteiger partial charge in [0.05, 0.1) is 11.5 Å². The third-order valence-corrected chi connectivity index (χ3v) is 4.35. The summed E-state index contributed by atoms with van der Waals surface area (Å²) in [6.07, 6.45) is 0. The minimum Gasteiger partial charge on any atom is -0.271 e. The molecule has 0 spiro atoms. The summed E-state index contributed by atoms with van der Waals surface area (Å²) in [5, 5.41) is 9.24. The van der Waals surface area contributed by atoms with Gasteiger partial charge in [0, 0.05) is 0 Å². The molecule has 10 heteroatoms. The molecule has 16 heavy (non-hydrogen) atoms. The number of thiocarbonyl (C=S) groups is 2. The first kappa shape index (κ1) is 11.9. The number of carbonyl (C=O) groups excluding carboxylic acids is 2. The Bertz CT molecular complexity index is 353. The van der Waals surface area contributed by atoms with Gasteiger partial charge in [-0.3, -0.25) is 9.59 Å². The van der Waals surface area contributed by atoms with E-state index in [2.05, 4.69) is 10.4 Å². The Kier molecular flexibility index (Phi) is 3.52. The topological polar surface area (TPSA) is 65.3 Å². The molecule has 2 aliphatic heterocycles. The summed E-state index contributed by atoms with van der Waals surface area (Å²) in [6, 6.07) is 0. The summed E-state index contributed by atoms with van der Waals surface area (Å²) >= 11 is 12.2. The number of amides is 2. The first-order chi connectivity index (χ1) is 7.59. The van der Waals surface area contributed by atoms with E-state index in [0.717, 1.165) is 10.0 Å². The zero-order valence-corrected chi connectivity index (χ0v) is 10.9. The quantitative estimate of drug-likeness (QED) is 0.558. The lowest BCUT2D eigenvalue weighted by atomic mass is 10.7. The van der Waals surface area contributed by atoms with Crippen LogP contribution in [-0.2, 0) is 9.59 Å². The molecule has 2 heterocycles. The van der Waals surface area contributed by atoms with Crippen LogP contribution in [-0.4, -0.2) is 42.0 Å². The second-order valence-corrected chi connectivity index (χ2v) is 5.92. The third kappa shape index (κ3) is 2.24. The summed E-state index contributed by atoms with van der Waals surface area (Å²) in [4.78, 5) is 22.5. The van der Waals surface area contributed by atoms with Gasteiger partial charge in [0.2, 0.25) is 0 Å². The van der Waals surface area contributed by atoms with Crippen LogP contribution in [0.15, 0.2) is 10.4 Å². The lowest BCUT2D eigenvalue weighted by Gasteiger charge is -2.08. The molecule has 0 aliphatic carbocycles. The molecule has 0 aromatic rings. The van der Waals surface area contributed by atoms with Crippen molar-refractivity contribution in [1.82, 2.24) is 10.0 Å². The summed E-state index contributed by atoms with van der Waals surface area (Å²) < 4.78 is 0.665. The highest BCUT2D eigenvalue weighted by atomic mass is 32.2. The van der Waals surface area contributed by atoms with Gasteiger partial charge in [-0.25, -0.2) is 0 Å². The Labute approximate surface area is 110 Å². The van der Waals surface area contributed by atoms with Crippen LogP contribution in [0.3, 0.4) is 0 Å². The summed E-state index contributed by atoms with van der Waals surface area (Å²) in [5.41, 5.74) is 0. The molecule has 2 saturated heterocycles. The van der Waals surface area contributed by atoms with Crippen LogP contribution in [0.25, 0.3) is 0 Å². The van der Waals surface area contributed by atoms with Gasteiger partial charge in [-0.15, -0.1) is 0 Å². The third-order valence-electron chi connectivity index (χ3n) is 1.68. The normalized spacial score (nSPS) is 22.0. The van der Waals surface area contributed by atoms with E-state index >= 15 is 0 Å². The number of rotatable bonds is 2. The van der Waals surface area contributed by atoms with E-state index in [1.807, 2.05) is 0 Å². The zero-order valence-electron chi connectivity index (χ0n) is 7.65. The molecular weight excluding hydrogens is 288 g/mol. The van der Waals surface area contributed by atoms with E-state index in [-0.39, 0.29) is 23.3 Å². The van der Waals surface area contributed by atoms with Gasteiger partial charge in [-0.2, -0.15) is 10.0 Å². The van der Waals surface area contributed by atoms with Crippen molar-refractivity contribution >= 4 is 68.4 Å². The standard InChI is InChI=1S/C6H4N4O2S4/c11-3-1-15-5(13)9(3)7-8-10-4(12)2-16-6(10)14/h1-2H2. The van der Waals surface area contributed by atoms with Crippen LogP contribution < -0.4 is 0 Å². The van der Waals surface area contributed by atoms with Gasteiger partial charge in [0.25, 0.3) is 11.8 Å². The molecule has 0 radical (unpaired) electrons. The Morgan fingerprint density at radius 2 is 1.31 bits per heavy atom. The molecule has 6 nitrogen and oxygen atoms in total. The van der Waals surface area contributed by atoms with E-state index in [4.69, 9.17) is 24.4 Å². The summed E-state index contributed by atoms with van der Waals surface area (Å²) in [7, 11) is 0. The second-order valence-electron chi connectivity index (χ2n) is 2.70. The van der Waals surface area contributed by atoms with Crippen molar-refractivity contribution in [1.29, 1.82) is 0 Å². The smallest absolute Gasteiger partial charge is 0.260 e. The van der Waals surface area contributed by atoms with Crippen molar-refractivity contribution < 1.29 is 9.59 Å². The van der Waals surface area contributed by atoms with Crippen molar-refractivity contribution in [2.24, 2.45) is 10.4 Å². The van der Waals surface area contributed by atoms with Crippen LogP contribution in [0.4, 0.5) is 0 Å². The van der Waals surface area contributed by atoms with Crippen molar-refractivity contribution in [2.75, 3.05) is 11.5 Å². The highest BCUT2D eigenvalue weighted by Crippen LogP contribution is 2.22. The largest absolute Gasteiger partial charge is 0.271 e. The molecule has 84 valence electrons. The van der Waals surface area contributed by atoms with Crippen LogP contribution in [0.2, 0.25) is 0 Å². The Balaban J connectivity index is 2.09. The van der Waals surface area contributed by atoms with Crippen LogP contribution >= 0.6 is 48.0 Å². The Morgan fingerprint density at radius 1 is 0.938 bits per heavy atom. The summed E-state index contributed by atoms with van der Waals surface area (Å²) in [6.45, 7) is 0. The van der Waals surface area contributed by atoms with E-state index in [1.165, 1.54) is 23.5 Å².